The summed E-state index contributed by atoms with van der Waals surface area (Å²) in [7, 11) is 0. The molecule has 2 aromatic heterocycles. The molecule has 0 bridgehead atoms. The van der Waals surface area contributed by atoms with Crippen molar-refractivity contribution in [3.05, 3.63) is 70.9 Å². The van der Waals surface area contributed by atoms with Gasteiger partial charge in [0.1, 0.15) is 11.3 Å². The first-order valence-electron chi connectivity index (χ1n) is 11.7. The maximum atomic E-state index is 14.2. The van der Waals surface area contributed by atoms with E-state index in [0.717, 1.165) is 41.8 Å². The molecule has 0 saturated heterocycles. The minimum atomic E-state index is -4.63. The molecule has 0 amide bonds. The minimum absolute atomic E-state index is 0.119. The standard InChI is InChI=1S/C27H24F3N3OS/c1-26(31)12-11-18(14-26)16-7-9-19-17(13-16)8-10-20-24(19)35-25(32-20)23-21(27(28,29)30)22(33-34-23)15-5-3-2-4-6-15/h2-7,9,13,18H,8,10-12,14,31H2,1H3/t18-,26?/m1/s1. The van der Waals surface area contributed by atoms with E-state index in [1.165, 1.54) is 22.5 Å². The maximum Gasteiger partial charge on any atom is 0.422 e. The van der Waals surface area contributed by atoms with Crippen molar-refractivity contribution in [1.29, 1.82) is 0 Å². The Kier molecular flexibility index (Phi) is 5.16. The molecule has 8 heteroatoms. The molecule has 1 unspecified atom stereocenters. The quantitative estimate of drug-likeness (QED) is 0.326. The fourth-order valence-electron chi connectivity index (χ4n) is 5.43. The highest BCUT2D eigenvalue weighted by Crippen LogP contribution is 2.48. The SMILES string of the molecule is CC1(N)CC[C@@H](c2ccc3c(c2)CCc2nc(-c4onc(-c5ccccc5)c4C(F)(F)F)sc2-3)C1. The van der Waals surface area contributed by atoms with Crippen LogP contribution in [0.4, 0.5) is 13.2 Å². The van der Waals surface area contributed by atoms with Crippen molar-refractivity contribution in [2.45, 2.75) is 56.7 Å². The summed E-state index contributed by atoms with van der Waals surface area (Å²) in [6.07, 6.45) is -0.0696. The summed E-state index contributed by atoms with van der Waals surface area (Å²) in [6, 6.07) is 14.8. The highest BCUT2D eigenvalue weighted by Gasteiger charge is 2.42. The van der Waals surface area contributed by atoms with Crippen LogP contribution in [0.1, 0.15) is 54.5 Å². The van der Waals surface area contributed by atoms with Crippen LogP contribution >= 0.6 is 11.3 Å². The maximum absolute atomic E-state index is 14.2. The molecule has 4 nitrogen and oxygen atoms in total. The molecule has 1 saturated carbocycles. The van der Waals surface area contributed by atoms with Crippen molar-refractivity contribution in [3.63, 3.8) is 0 Å². The molecule has 35 heavy (non-hydrogen) atoms. The Morgan fingerprint density at radius 3 is 2.63 bits per heavy atom. The zero-order valence-corrected chi connectivity index (χ0v) is 20.0. The molecule has 0 spiro atoms. The summed E-state index contributed by atoms with van der Waals surface area (Å²) in [5.74, 6) is 0.135. The Morgan fingerprint density at radius 1 is 1.11 bits per heavy atom. The summed E-state index contributed by atoms with van der Waals surface area (Å²) < 4.78 is 47.8. The van der Waals surface area contributed by atoms with Gasteiger partial charge >= 0.3 is 6.18 Å². The first-order chi connectivity index (χ1) is 16.7. The van der Waals surface area contributed by atoms with Gasteiger partial charge in [-0.05, 0) is 61.6 Å². The third-order valence-corrected chi connectivity index (χ3v) is 8.30. The highest BCUT2D eigenvalue weighted by molar-refractivity contribution is 7.18. The van der Waals surface area contributed by atoms with E-state index >= 15 is 0 Å². The summed E-state index contributed by atoms with van der Waals surface area (Å²) in [5.41, 5.74) is 9.86. The van der Waals surface area contributed by atoms with Crippen LogP contribution in [0.5, 0.6) is 0 Å². The van der Waals surface area contributed by atoms with E-state index in [4.69, 9.17) is 10.3 Å². The number of hydrogen-bond donors (Lipinski definition) is 1. The van der Waals surface area contributed by atoms with Crippen molar-refractivity contribution < 1.29 is 17.7 Å². The van der Waals surface area contributed by atoms with Gasteiger partial charge in [0.25, 0.3) is 0 Å². The van der Waals surface area contributed by atoms with E-state index in [1.54, 1.807) is 30.3 Å². The van der Waals surface area contributed by atoms with Crippen molar-refractivity contribution in [2.24, 2.45) is 5.73 Å². The number of alkyl halides is 3. The fourth-order valence-corrected chi connectivity index (χ4v) is 6.58. The predicted octanol–water partition coefficient (Wildman–Crippen LogP) is 7.23. The largest absolute Gasteiger partial charge is 0.422 e. The first-order valence-corrected chi connectivity index (χ1v) is 12.6. The van der Waals surface area contributed by atoms with Crippen LogP contribution in [0.25, 0.3) is 32.5 Å². The normalized spacial score (nSPS) is 21.7. The molecule has 2 aliphatic carbocycles. The van der Waals surface area contributed by atoms with Crippen LogP contribution in [-0.4, -0.2) is 15.7 Å². The lowest BCUT2D eigenvalue weighted by Crippen LogP contribution is -2.32. The van der Waals surface area contributed by atoms with Gasteiger partial charge in [-0.25, -0.2) is 4.98 Å². The van der Waals surface area contributed by atoms with Crippen molar-refractivity contribution in [2.75, 3.05) is 0 Å². The Morgan fingerprint density at radius 2 is 1.91 bits per heavy atom. The molecule has 0 aliphatic heterocycles. The Balaban J connectivity index is 1.39. The van der Waals surface area contributed by atoms with Gasteiger partial charge in [-0.15, -0.1) is 11.3 Å². The van der Waals surface area contributed by atoms with Crippen LogP contribution in [-0.2, 0) is 19.0 Å². The smallest absolute Gasteiger partial charge is 0.352 e. The average Bonchev–Trinajstić information content (AvgIpc) is 3.54. The second-order valence-electron chi connectivity index (χ2n) is 9.90. The molecule has 180 valence electrons. The van der Waals surface area contributed by atoms with Crippen LogP contribution < -0.4 is 5.73 Å². The molecule has 2 N–H and O–H groups in total. The Bertz CT molecular complexity index is 1410. The first kappa shape index (κ1) is 22.5. The number of thiazole rings is 1. The number of halogens is 3. The van der Waals surface area contributed by atoms with Gasteiger partial charge in [-0.1, -0.05) is 53.7 Å². The number of fused-ring (bicyclic) bond motifs is 3. The van der Waals surface area contributed by atoms with Crippen LogP contribution in [0.15, 0.2) is 53.1 Å². The predicted molar refractivity (Wildman–Crippen MR) is 130 cm³/mol. The lowest BCUT2D eigenvalue weighted by atomic mass is 9.87. The molecule has 0 radical (unpaired) electrons. The lowest BCUT2D eigenvalue weighted by Gasteiger charge is -2.20. The molecule has 6 rings (SSSR count). The molecule has 2 heterocycles. The average molecular weight is 496 g/mol. The molecular formula is C27H24F3N3OS. The third-order valence-electron chi connectivity index (χ3n) is 7.17. The van der Waals surface area contributed by atoms with Crippen molar-refractivity contribution >= 4 is 11.3 Å². The van der Waals surface area contributed by atoms with Crippen molar-refractivity contribution in [1.82, 2.24) is 10.1 Å². The summed E-state index contributed by atoms with van der Waals surface area (Å²) in [4.78, 5) is 5.50. The number of nitrogens with two attached hydrogens (primary N) is 1. The second kappa shape index (κ2) is 8.03. The molecule has 2 atom stereocenters. The van der Waals surface area contributed by atoms with Crippen LogP contribution in [0, 0.1) is 0 Å². The van der Waals surface area contributed by atoms with Crippen molar-refractivity contribution in [3.8, 4) is 32.5 Å². The molecule has 2 aliphatic rings. The van der Waals surface area contributed by atoms with E-state index in [1.807, 2.05) is 0 Å². The zero-order chi connectivity index (χ0) is 24.4. The van der Waals surface area contributed by atoms with E-state index in [9.17, 15) is 13.2 Å². The monoisotopic (exact) mass is 495 g/mol. The van der Waals surface area contributed by atoms with Crippen LogP contribution in [0.2, 0.25) is 0 Å². The number of benzene rings is 2. The minimum Gasteiger partial charge on any atom is -0.352 e. The fraction of sp³-hybridized carbons (Fsp3) is 0.333. The number of nitrogens with zero attached hydrogens (tertiary/aromatic N) is 2. The molecular weight excluding hydrogens is 471 g/mol. The number of aromatic nitrogens is 2. The van der Waals surface area contributed by atoms with E-state index in [0.29, 0.717) is 17.9 Å². The van der Waals surface area contributed by atoms with Gasteiger partial charge in [0.2, 0.25) is 5.76 Å². The highest BCUT2D eigenvalue weighted by atomic mass is 32.1. The van der Waals surface area contributed by atoms with E-state index in [-0.39, 0.29) is 22.0 Å². The van der Waals surface area contributed by atoms with E-state index in [2.05, 4.69) is 35.3 Å². The Hall–Kier alpha value is -2.97. The summed E-state index contributed by atoms with van der Waals surface area (Å²) in [5, 5.41) is 4.02. The van der Waals surface area contributed by atoms with Gasteiger partial charge < -0.3 is 10.3 Å². The molecule has 1 fully saturated rings. The summed E-state index contributed by atoms with van der Waals surface area (Å²) in [6.45, 7) is 2.11. The van der Waals surface area contributed by atoms with Gasteiger partial charge in [0.15, 0.2) is 5.01 Å². The van der Waals surface area contributed by atoms with Gasteiger partial charge in [0, 0.05) is 11.1 Å². The zero-order valence-electron chi connectivity index (χ0n) is 19.2. The number of aryl methyl sites for hydroxylation is 2. The number of rotatable bonds is 3. The lowest BCUT2D eigenvalue weighted by molar-refractivity contribution is -0.136. The van der Waals surface area contributed by atoms with Gasteiger partial charge in [-0.3, -0.25) is 0 Å². The second-order valence-corrected chi connectivity index (χ2v) is 10.9. The summed E-state index contributed by atoms with van der Waals surface area (Å²) >= 11 is 1.24. The molecule has 4 aromatic rings. The third kappa shape index (κ3) is 3.98. The Labute approximate surface area is 205 Å². The van der Waals surface area contributed by atoms with Gasteiger partial charge in [-0.2, -0.15) is 13.2 Å². The van der Waals surface area contributed by atoms with Crippen LogP contribution in [0.3, 0.4) is 0 Å². The van der Waals surface area contributed by atoms with E-state index < -0.39 is 11.7 Å². The topological polar surface area (TPSA) is 64.9 Å². The van der Waals surface area contributed by atoms with Gasteiger partial charge in [0.05, 0.1) is 10.6 Å². The molecule has 2 aromatic carbocycles. The number of hydrogen-bond acceptors (Lipinski definition) is 5.